The Balaban J connectivity index is 1.89. The molecule has 1 fully saturated rings. The van der Waals surface area contributed by atoms with Crippen molar-refractivity contribution in [3.8, 4) is 0 Å². The normalized spacial score (nSPS) is 22.2. The Hall–Kier alpha value is -0.300. The second-order valence-corrected chi connectivity index (χ2v) is 5.96. The number of aryl methyl sites for hydroxylation is 2. The second-order valence-electron chi connectivity index (χ2n) is 4.97. The van der Waals surface area contributed by atoms with Crippen LogP contribution >= 0.6 is 15.9 Å². The van der Waals surface area contributed by atoms with Crippen molar-refractivity contribution < 1.29 is 0 Å². The summed E-state index contributed by atoms with van der Waals surface area (Å²) in [5.41, 5.74) is 4.72. The van der Waals surface area contributed by atoms with E-state index in [4.69, 9.17) is 0 Å². The summed E-state index contributed by atoms with van der Waals surface area (Å²) < 4.78 is 0. The Morgan fingerprint density at radius 2 is 1.80 bits per heavy atom. The molecule has 0 saturated heterocycles. The zero-order valence-electron chi connectivity index (χ0n) is 9.01. The third kappa shape index (κ3) is 1.99. The van der Waals surface area contributed by atoms with Gasteiger partial charge in [-0.05, 0) is 61.1 Å². The van der Waals surface area contributed by atoms with Crippen molar-refractivity contribution in [1.29, 1.82) is 0 Å². The molecule has 2 aliphatic rings. The molecule has 0 radical (unpaired) electrons. The van der Waals surface area contributed by atoms with Gasteiger partial charge in [-0.1, -0.05) is 34.1 Å². The van der Waals surface area contributed by atoms with Crippen LogP contribution in [0.5, 0.6) is 0 Å². The maximum atomic E-state index is 3.84. The average molecular weight is 265 g/mol. The van der Waals surface area contributed by atoms with Crippen LogP contribution in [0.25, 0.3) is 0 Å². The molecule has 0 N–H and O–H groups in total. The summed E-state index contributed by atoms with van der Waals surface area (Å²) in [6.45, 7) is 0. The number of rotatable bonds is 2. The predicted molar refractivity (Wildman–Crippen MR) is 67.5 cm³/mol. The number of alkyl halides is 1. The second kappa shape index (κ2) is 3.93. The Labute approximate surface area is 100 Å². The van der Waals surface area contributed by atoms with Crippen LogP contribution in [0.15, 0.2) is 18.2 Å². The fourth-order valence-electron chi connectivity index (χ4n) is 2.59. The molecule has 2 aliphatic carbocycles. The molecule has 0 nitrogen and oxygen atoms in total. The predicted octanol–water partition coefficient (Wildman–Crippen LogP) is 4.41. The van der Waals surface area contributed by atoms with Crippen molar-refractivity contribution in [1.82, 2.24) is 0 Å². The third-order valence-corrected chi connectivity index (χ3v) is 5.00. The maximum Gasteiger partial charge on any atom is 0.0423 e. The first-order chi connectivity index (χ1) is 7.34. The summed E-state index contributed by atoms with van der Waals surface area (Å²) in [6.07, 6.45) is 8.18. The lowest BCUT2D eigenvalue weighted by Crippen LogP contribution is -2.04. The summed E-state index contributed by atoms with van der Waals surface area (Å²) in [5.74, 6) is 0.909. The molecule has 1 atom stereocenters. The number of benzene rings is 1. The van der Waals surface area contributed by atoms with Crippen LogP contribution in [0.1, 0.15) is 47.2 Å². The Morgan fingerprint density at radius 1 is 1.07 bits per heavy atom. The Morgan fingerprint density at radius 3 is 2.53 bits per heavy atom. The van der Waals surface area contributed by atoms with Crippen molar-refractivity contribution in [2.24, 2.45) is 5.92 Å². The van der Waals surface area contributed by atoms with Crippen LogP contribution in [0.2, 0.25) is 0 Å². The Bertz CT molecular complexity index is 366. The molecule has 80 valence electrons. The minimum absolute atomic E-state index is 0.615. The first-order valence-corrected chi connectivity index (χ1v) is 7.02. The zero-order chi connectivity index (χ0) is 10.3. The molecule has 15 heavy (non-hydrogen) atoms. The maximum absolute atomic E-state index is 3.84. The molecule has 0 bridgehead atoms. The zero-order valence-corrected chi connectivity index (χ0v) is 10.6. The number of hydrogen-bond acceptors (Lipinski definition) is 0. The summed E-state index contributed by atoms with van der Waals surface area (Å²) in [5, 5.41) is 0. The van der Waals surface area contributed by atoms with E-state index in [1.807, 2.05) is 0 Å². The van der Waals surface area contributed by atoms with Gasteiger partial charge in [-0.2, -0.15) is 0 Å². The average Bonchev–Trinajstić information content (AvgIpc) is 3.11. The third-order valence-electron chi connectivity index (χ3n) is 3.73. The fraction of sp³-hybridized carbons (Fsp3) is 0.571. The highest BCUT2D eigenvalue weighted by Gasteiger charge is 2.30. The van der Waals surface area contributed by atoms with Crippen LogP contribution in [0.3, 0.4) is 0 Å². The van der Waals surface area contributed by atoms with E-state index in [1.54, 1.807) is 11.1 Å². The lowest BCUT2D eigenvalue weighted by atomic mass is 9.89. The van der Waals surface area contributed by atoms with Crippen molar-refractivity contribution in [3.05, 3.63) is 34.9 Å². The molecule has 1 saturated carbocycles. The molecule has 1 aromatic carbocycles. The molecular formula is C14H17Br. The first-order valence-electron chi connectivity index (χ1n) is 6.10. The van der Waals surface area contributed by atoms with Crippen molar-refractivity contribution in [3.63, 3.8) is 0 Å². The van der Waals surface area contributed by atoms with E-state index in [2.05, 4.69) is 34.1 Å². The molecule has 0 aliphatic heterocycles. The van der Waals surface area contributed by atoms with Gasteiger partial charge in [0.15, 0.2) is 0 Å². The van der Waals surface area contributed by atoms with Gasteiger partial charge < -0.3 is 0 Å². The van der Waals surface area contributed by atoms with Gasteiger partial charge in [0, 0.05) is 4.83 Å². The summed E-state index contributed by atoms with van der Waals surface area (Å²) in [7, 11) is 0. The van der Waals surface area contributed by atoms with E-state index < -0.39 is 0 Å². The molecule has 0 aromatic heterocycles. The topological polar surface area (TPSA) is 0 Å². The van der Waals surface area contributed by atoms with Crippen molar-refractivity contribution in [2.75, 3.05) is 0 Å². The number of fused-ring (bicyclic) bond motifs is 1. The summed E-state index contributed by atoms with van der Waals surface area (Å²) in [6, 6.07) is 7.15. The lowest BCUT2D eigenvalue weighted by molar-refractivity contribution is 0.682. The van der Waals surface area contributed by atoms with E-state index in [-0.39, 0.29) is 0 Å². The molecule has 0 amide bonds. The van der Waals surface area contributed by atoms with E-state index in [0.29, 0.717) is 4.83 Å². The molecule has 1 heteroatoms. The number of halogens is 1. The summed E-state index contributed by atoms with van der Waals surface area (Å²) in [4.78, 5) is 0.615. The SMILES string of the molecule is BrC(c1ccc2c(c1)CCCC2)C1CC1. The van der Waals surface area contributed by atoms with Gasteiger partial charge in [0.25, 0.3) is 0 Å². The molecule has 0 spiro atoms. The highest BCUT2D eigenvalue weighted by atomic mass is 79.9. The highest BCUT2D eigenvalue weighted by molar-refractivity contribution is 9.09. The Kier molecular flexibility index (Phi) is 2.59. The van der Waals surface area contributed by atoms with Gasteiger partial charge in [0.2, 0.25) is 0 Å². The summed E-state index contributed by atoms with van der Waals surface area (Å²) >= 11 is 3.84. The number of hydrogen-bond donors (Lipinski definition) is 0. The van der Waals surface area contributed by atoms with Crippen LogP contribution < -0.4 is 0 Å². The monoisotopic (exact) mass is 264 g/mol. The van der Waals surface area contributed by atoms with Gasteiger partial charge in [-0.25, -0.2) is 0 Å². The highest BCUT2D eigenvalue weighted by Crippen LogP contribution is 2.46. The molecule has 3 rings (SSSR count). The van der Waals surface area contributed by atoms with Gasteiger partial charge in [0.1, 0.15) is 0 Å². The van der Waals surface area contributed by atoms with E-state index in [0.717, 1.165) is 5.92 Å². The fourth-order valence-corrected chi connectivity index (χ4v) is 3.40. The van der Waals surface area contributed by atoms with Crippen LogP contribution in [0, 0.1) is 5.92 Å². The van der Waals surface area contributed by atoms with Crippen LogP contribution in [-0.4, -0.2) is 0 Å². The van der Waals surface area contributed by atoms with Gasteiger partial charge in [-0.15, -0.1) is 0 Å². The standard InChI is InChI=1S/C14H17Br/c15-14(11-6-7-11)13-8-5-10-3-1-2-4-12(10)9-13/h5,8-9,11,14H,1-4,6-7H2. The first kappa shape index (κ1) is 9.89. The van der Waals surface area contributed by atoms with Gasteiger partial charge in [0.05, 0.1) is 0 Å². The molecule has 1 aromatic rings. The molecule has 0 heterocycles. The minimum atomic E-state index is 0.615. The molecule has 1 unspecified atom stereocenters. The van der Waals surface area contributed by atoms with E-state index >= 15 is 0 Å². The lowest BCUT2D eigenvalue weighted by Gasteiger charge is -2.18. The smallest absolute Gasteiger partial charge is 0.0423 e. The van der Waals surface area contributed by atoms with Gasteiger partial charge >= 0.3 is 0 Å². The minimum Gasteiger partial charge on any atom is -0.0836 e. The van der Waals surface area contributed by atoms with E-state index in [1.165, 1.54) is 44.1 Å². The quantitative estimate of drug-likeness (QED) is 0.695. The van der Waals surface area contributed by atoms with Crippen molar-refractivity contribution in [2.45, 2.75) is 43.4 Å². The van der Waals surface area contributed by atoms with E-state index in [9.17, 15) is 0 Å². The van der Waals surface area contributed by atoms with Gasteiger partial charge in [-0.3, -0.25) is 0 Å². The van der Waals surface area contributed by atoms with Crippen molar-refractivity contribution >= 4 is 15.9 Å². The largest absolute Gasteiger partial charge is 0.0836 e. The molecular weight excluding hydrogens is 248 g/mol. The van der Waals surface area contributed by atoms with Crippen LogP contribution in [-0.2, 0) is 12.8 Å². The van der Waals surface area contributed by atoms with Crippen LogP contribution in [0.4, 0.5) is 0 Å².